The van der Waals surface area contributed by atoms with Crippen LogP contribution in [-0.4, -0.2) is 40.1 Å². The largest absolute Gasteiger partial charge is 0.338 e. The van der Waals surface area contributed by atoms with Crippen molar-refractivity contribution in [2.75, 3.05) is 18.9 Å². The zero-order valence-electron chi connectivity index (χ0n) is 16.1. The molecule has 2 unspecified atom stereocenters. The average molecular weight is 369 g/mol. The maximum Gasteiger partial charge on any atom is 0.229 e. The van der Waals surface area contributed by atoms with Crippen molar-refractivity contribution in [3.63, 3.8) is 0 Å². The topological polar surface area (TPSA) is 79.3 Å². The Balaban J connectivity index is 1.78. The molecule has 7 nitrogen and oxygen atoms in total. The summed E-state index contributed by atoms with van der Waals surface area (Å²) in [6, 6.07) is 7.55. The standard InChI is InChI=1S/C20H27N5O2/c1-4-21-11-14-6-5-7-16(10-14)23-20(27)17-8-9-18(26)25(3)19(17)15-12-22-24(2)13-15/h5-7,10,12-13,17,19,21H,4,8-9,11H2,1-3H3,(H,23,27). The van der Waals surface area contributed by atoms with E-state index in [-0.39, 0.29) is 23.8 Å². The number of aromatic nitrogens is 2. The van der Waals surface area contributed by atoms with E-state index in [0.29, 0.717) is 12.8 Å². The summed E-state index contributed by atoms with van der Waals surface area (Å²) in [5.41, 5.74) is 2.78. The van der Waals surface area contributed by atoms with Gasteiger partial charge in [0, 0.05) is 44.5 Å². The zero-order valence-corrected chi connectivity index (χ0v) is 16.1. The first-order chi connectivity index (χ1) is 13.0. The van der Waals surface area contributed by atoms with Gasteiger partial charge in [-0.15, -0.1) is 0 Å². The minimum Gasteiger partial charge on any atom is -0.338 e. The molecular weight excluding hydrogens is 342 g/mol. The number of carbonyl (C=O) groups excluding carboxylic acids is 2. The maximum absolute atomic E-state index is 13.0. The lowest BCUT2D eigenvalue weighted by atomic mass is 9.85. The van der Waals surface area contributed by atoms with Crippen molar-refractivity contribution in [2.24, 2.45) is 13.0 Å². The van der Waals surface area contributed by atoms with E-state index >= 15 is 0 Å². The number of benzene rings is 1. The van der Waals surface area contributed by atoms with Crippen molar-refractivity contribution in [2.45, 2.75) is 32.4 Å². The fourth-order valence-electron chi connectivity index (χ4n) is 3.62. The molecule has 3 rings (SSSR count). The van der Waals surface area contributed by atoms with Gasteiger partial charge in [0.25, 0.3) is 0 Å². The molecule has 2 N–H and O–H groups in total. The number of hydrogen-bond acceptors (Lipinski definition) is 4. The summed E-state index contributed by atoms with van der Waals surface area (Å²) in [6.45, 7) is 3.72. The lowest BCUT2D eigenvalue weighted by Gasteiger charge is -2.37. The number of nitrogens with zero attached hydrogens (tertiary/aromatic N) is 3. The highest BCUT2D eigenvalue weighted by Gasteiger charge is 2.39. The molecule has 2 heterocycles. The molecule has 0 spiro atoms. The van der Waals surface area contributed by atoms with Crippen LogP contribution in [0.3, 0.4) is 0 Å². The number of likely N-dealkylation sites (tertiary alicyclic amines) is 1. The minimum absolute atomic E-state index is 0.0561. The highest BCUT2D eigenvalue weighted by Crippen LogP contribution is 2.36. The van der Waals surface area contributed by atoms with Crippen molar-refractivity contribution in [3.05, 3.63) is 47.8 Å². The van der Waals surface area contributed by atoms with Crippen LogP contribution in [0.2, 0.25) is 0 Å². The Kier molecular flexibility index (Phi) is 5.91. The van der Waals surface area contributed by atoms with Gasteiger partial charge in [-0.05, 0) is 30.7 Å². The number of aryl methyl sites for hydroxylation is 1. The highest BCUT2D eigenvalue weighted by molar-refractivity contribution is 5.94. The van der Waals surface area contributed by atoms with Crippen LogP contribution in [-0.2, 0) is 23.2 Å². The van der Waals surface area contributed by atoms with Crippen molar-refractivity contribution in [1.29, 1.82) is 0 Å². The number of hydrogen-bond donors (Lipinski definition) is 2. The number of anilines is 1. The number of nitrogens with one attached hydrogen (secondary N) is 2. The molecule has 1 aliphatic rings. The quantitative estimate of drug-likeness (QED) is 0.817. The summed E-state index contributed by atoms with van der Waals surface area (Å²) < 4.78 is 1.70. The first kappa shape index (κ1) is 19.1. The molecular formula is C20H27N5O2. The van der Waals surface area contributed by atoms with Gasteiger partial charge in [-0.1, -0.05) is 19.1 Å². The molecule has 0 bridgehead atoms. The van der Waals surface area contributed by atoms with Gasteiger partial charge >= 0.3 is 0 Å². The van der Waals surface area contributed by atoms with Crippen LogP contribution in [0, 0.1) is 5.92 Å². The second kappa shape index (κ2) is 8.35. The van der Waals surface area contributed by atoms with Gasteiger partial charge in [0.05, 0.1) is 18.2 Å². The Morgan fingerprint density at radius 1 is 1.33 bits per heavy atom. The van der Waals surface area contributed by atoms with Gasteiger partial charge in [0.15, 0.2) is 0 Å². The van der Waals surface area contributed by atoms with Crippen LogP contribution in [0.25, 0.3) is 0 Å². The Morgan fingerprint density at radius 3 is 2.85 bits per heavy atom. The van der Waals surface area contributed by atoms with Gasteiger partial charge in [0.1, 0.15) is 0 Å². The Labute approximate surface area is 159 Å². The van der Waals surface area contributed by atoms with Gasteiger partial charge in [-0.2, -0.15) is 5.10 Å². The zero-order chi connectivity index (χ0) is 19.4. The molecule has 2 amide bonds. The third-order valence-electron chi connectivity index (χ3n) is 5.04. The summed E-state index contributed by atoms with van der Waals surface area (Å²) in [7, 11) is 3.59. The number of piperidine rings is 1. The van der Waals surface area contributed by atoms with Crippen LogP contribution >= 0.6 is 0 Å². The van der Waals surface area contributed by atoms with Crippen LogP contribution in [0.5, 0.6) is 0 Å². The predicted octanol–water partition coefficient (Wildman–Crippen LogP) is 2.08. The van der Waals surface area contributed by atoms with E-state index < -0.39 is 0 Å². The van der Waals surface area contributed by atoms with Gasteiger partial charge in [-0.25, -0.2) is 0 Å². The number of carbonyl (C=O) groups is 2. The Morgan fingerprint density at radius 2 is 2.15 bits per heavy atom. The third-order valence-corrected chi connectivity index (χ3v) is 5.04. The van der Waals surface area contributed by atoms with Crippen LogP contribution in [0.15, 0.2) is 36.7 Å². The van der Waals surface area contributed by atoms with Crippen LogP contribution < -0.4 is 10.6 Å². The van der Waals surface area contributed by atoms with Gasteiger partial charge in [0.2, 0.25) is 11.8 Å². The summed E-state index contributed by atoms with van der Waals surface area (Å²) in [4.78, 5) is 26.9. The molecule has 27 heavy (non-hydrogen) atoms. The van der Waals surface area contributed by atoms with Crippen LogP contribution in [0.4, 0.5) is 5.69 Å². The Hall–Kier alpha value is -2.67. The van der Waals surface area contributed by atoms with E-state index in [1.54, 1.807) is 22.8 Å². The van der Waals surface area contributed by atoms with E-state index in [0.717, 1.165) is 29.9 Å². The van der Waals surface area contributed by atoms with Crippen molar-refractivity contribution in [3.8, 4) is 0 Å². The maximum atomic E-state index is 13.0. The summed E-state index contributed by atoms with van der Waals surface area (Å²) in [6.07, 6.45) is 4.52. The van der Waals surface area contributed by atoms with Crippen molar-refractivity contribution < 1.29 is 9.59 Å². The molecule has 1 aromatic heterocycles. The van der Waals surface area contributed by atoms with Crippen molar-refractivity contribution >= 4 is 17.5 Å². The molecule has 1 fully saturated rings. The molecule has 1 saturated heterocycles. The lowest BCUT2D eigenvalue weighted by Crippen LogP contribution is -2.44. The number of amides is 2. The summed E-state index contributed by atoms with van der Waals surface area (Å²) >= 11 is 0. The molecule has 2 aromatic rings. The van der Waals surface area contributed by atoms with E-state index in [2.05, 4.69) is 22.7 Å². The van der Waals surface area contributed by atoms with Gasteiger partial charge in [-0.3, -0.25) is 14.3 Å². The smallest absolute Gasteiger partial charge is 0.229 e. The third kappa shape index (κ3) is 4.36. The molecule has 0 saturated carbocycles. The Bertz CT molecular complexity index is 816. The first-order valence-corrected chi connectivity index (χ1v) is 9.34. The first-order valence-electron chi connectivity index (χ1n) is 9.34. The summed E-state index contributed by atoms with van der Waals surface area (Å²) in [5.74, 6) is -0.321. The van der Waals surface area contributed by atoms with E-state index in [9.17, 15) is 9.59 Å². The average Bonchev–Trinajstić information content (AvgIpc) is 3.08. The van der Waals surface area contributed by atoms with Crippen LogP contribution in [0.1, 0.15) is 36.9 Å². The molecule has 1 aromatic carbocycles. The second-order valence-corrected chi connectivity index (χ2v) is 7.01. The molecule has 2 atom stereocenters. The van der Waals surface area contributed by atoms with E-state index in [1.807, 2.05) is 37.5 Å². The monoisotopic (exact) mass is 369 g/mol. The predicted molar refractivity (Wildman–Crippen MR) is 104 cm³/mol. The molecule has 1 aliphatic heterocycles. The normalized spacial score (nSPS) is 20.0. The van der Waals surface area contributed by atoms with Gasteiger partial charge < -0.3 is 15.5 Å². The van der Waals surface area contributed by atoms with Crippen molar-refractivity contribution in [1.82, 2.24) is 20.0 Å². The molecule has 0 aliphatic carbocycles. The molecule has 0 radical (unpaired) electrons. The van der Waals surface area contributed by atoms with E-state index in [4.69, 9.17) is 0 Å². The molecule has 144 valence electrons. The lowest BCUT2D eigenvalue weighted by molar-refractivity contribution is -0.140. The molecule has 7 heteroatoms. The fourth-order valence-corrected chi connectivity index (χ4v) is 3.62. The number of rotatable bonds is 6. The minimum atomic E-state index is -0.311. The fraction of sp³-hybridized carbons (Fsp3) is 0.450. The second-order valence-electron chi connectivity index (χ2n) is 7.01. The van der Waals surface area contributed by atoms with E-state index in [1.165, 1.54) is 0 Å². The summed E-state index contributed by atoms with van der Waals surface area (Å²) in [5, 5.41) is 10.5. The highest BCUT2D eigenvalue weighted by atomic mass is 16.2. The SMILES string of the molecule is CCNCc1cccc(NC(=O)C2CCC(=O)N(C)C2c2cnn(C)c2)c1.